The number of terminal acetylenes is 1. The highest BCUT2D eigenvalue weighted by atomic mass is 16.3. The van der Waals surface area contributed by atoms with Gasteiger partial charge in [-0.3, -0.25) is 4.79 Å². The average Bonchev–Trinajstić information content (AvgIpc) is 2.82. The second-order valence-electron chi connectivity index (χ2n) is 9.03. The van der Waals surface area contributed by atoms with Gasteiger partial charge in [0, 0.05) is 11.8 Å². The number of ketones is 1. The lowest BCUT2D eigenvalue weighted by Gasteiger charge is -2.59. The first-order valence-electron chi connectivity index (χ1n) is 9.41. The number of hydrogen-bond acceptors (Lipinski definition) is 3. The fraction of sp³-hybridized carbons (Fsp3) is 0.762. The first kappa shape index (κ1) is 16.4. The van der Waals surface area contributed by atoms with E-state index in [1.165, 1.54) is 0 Å². The van der Waals surface area contributed by atoms with Crippen molar-refractivity contribution in [3.8, 4) is 12.3 Å². The van der Waals surface area contributed by atoms with E-state index in [0.29, 0.717) is 37.0 Å². The van der Waals surface area contributed by atoms with Gasteiger partial charge in [0.15, 0.2) is 5.78 Å². The van der Waals surface area contributed by atoms with Crippen LogP contribution in [0.15, 0.2) is 11.6 Å². The third-order valence-corrected chi connectivity index (χ3v) is 8.18. The van der Waals surface area contributed by atoms with Gasteiger partial charge in [-0.1, -0.05) is 19.8 Å². The van der Waals surface area contributed by atoms with E-state index >= 15 is 0 Å². The first-order chi connectivity index (χ1) is 11.2. The molecule has 7 atom stereocenters. The number of hydrogen-bond donors (Lipinski definition) is 2. The molecule has 3 nitrogen and oxygen atoms in total. The highest BCUT2D eigenvalue weighted by molar-refractivity contribution is 5.92. The summed E-state index contributed by atoms with van der Waals surface area (Å²) < 4.78 is 0. The molecule has 24 heavy (non-hydrogen) atoms. The molecule has 0 spiro atoms. The van der Waals surface area contributed by atoms with Crippen molar-refractivity contribution in [2.45, 2.75) is 70.0 Å². The fourth-order valence-corrected chi connectivity index (χ4v) is 6.81. The van der Waals surface area contributed by atoms with Crippen LogP contribution in [0.1, 0.15) is 58.8 Å². The van der Waals surface area contributed by atoms with Crippen LogP contribution < -0.4 is 0 Å². The van der Waals surface area contributed by atoms with E-state index in [0.717, 1.165) is 31.3 Å². The molecule has 0 unspecified atom stereocenters. The van der Waals surface area contributed by atoms with E-state index in [2.05, 4.69) is 19.8 Å². The van der Waals surface area contributed by atoms with Gasteiger partial charge in [0.05, 0.1) is 5.60 Å². The lowest BCUT2D eigenvalue weighted by Crippen LogP contribution is -2.59. The molecule has 0 amide bonds. The van der Waals surface area contributed by atoms with Crippen LogP contribution in [0.25, 0.3) is 0 Å². The summed E-state index contributed by atoms with van der Waals surface area (Å²) in [6.07, 6.45) is 12.6. The zero-order chi connectivity index (χ0) is 17.3. The molecule has 0 aliphatic heterocycles. The summed E-state index contributed by atoms with van der Waals surface area (Å²) in [5.41, 5.74) is -1.12. The molecular formula is C21H28O3. The van der Waals surface area contributed by atoms with Crippen LogP contribution in [0, 0.1) is 41.4 Å². The minimum Gasteiger partial charge on any atom is -0.385 e. The molecule has 0 aromatic heterocycles. The maximum absolute atomic E-state index is 11.8. The van der Waals surface area contributed by atoms with E-state index in [9.17, 15) is 15.0 Å². The zero-order valence-corrected chi connectivity index (χ0v) is 14.7. The third-order valence-electron chi connectivity index (χ3n) is 8.18. The zero-order valence-electron chi connectivity index (χ0n) is 14.7. The van der Waals surface area contributed by atoms with E-state index in [4.69, 9.17) is 6.42 Å². The van der Waals surface area contributed by atoms with Crippen LogP contribution in [-0.2, 0) is 4.79 Å². The van der Waals surface area contributed by atoms with Crippen molar-refractivity contribution >= 4 is 5.78 Å². The van der Waals surface area contributed by atoms with Crippen molar-refractivity contribution in [2.24, 2.45) is 29.1 Å². The van der Waals surface area contributed by atoms with Crippen molar-refractivity contribution < 1.29 is 15.0 Å². The molecule has 3 heteroatoms. The number of fused-ring (bicyclic) bond motifs is 5. The molecule has 2 N–H and O–H groups in total. The number of rotatable bonds is 0. The maximum atomic E-state index is 11.8. The monoisotopic (exact) mass is 328 g/mol. The fourth-order valence-electron chi connectivity index (χ4n) is 6.81. The van der Waals surface area contributed by atoms with Gasteiger partial charge in [-0.25, -0.2) is 0 Å². The molecule has 0 bridgehead atoms. The molecule has 4 aliphatic rings. The molecule has 130 valence electrons. The molecule has 0 aromatic rings. The molecule has 0 saturated heterocycles. The molecule has 3 fully saturated rings. The van der Waals surface area contributed by atoms with Gasteiger partial charge in [0.2, 0.25) is 0 Å². The summed E-state index contributed by atoms with van der Waals surface area (Å²) in [4.78, 5) is 11.8. The summed E-state index contributed by atoms with van der Waals surface area (Å²) in [5.74, 6) is 4.20. The Hall–Kier alpha value is -1.11. The second kappa shape index (κ2) is 4.96. The Morgan fingerprint density at radius 1 is 1.21 bits per heavy atom. The Morgan fingerprint density at radius 2 is 1.92 bits per heavy atom. The number of carbonyl (C=O) groups is 1. The van der Waals surface area contributed by atoms with Gasteiger partial charge < -0.3 is 10.2 Å². The lowest BCUT2D eigenvalue weighted by molar-refractivity contribution is -0.148. The predicted molar refractivity (Wildman–Crippen MR) is 91.9 cm³/mol. The normalized spacial score (nSPS) is 53.5. The van der Waals surface area contributed by atoms with Gasteiger partial charge in [-0.15, -0.1) is 6.42 Å². The highest BCUT2D eigenvalue weighted by Gasteiger charge is 2.65. The largest absolute Gasteiger partial charge is 0.385 e. The SMILES string of the molecule is C#C[C@]1(O)CC[C@H]2[C@@H]3[C@H](C)CC4=CC(=O)CC[C@]4(O)[C@H]3CC[C@@]21C. The van der Waals surface area contributed by atoms with Crippen LogP contribution in [0.3, 0.4) is 0 Å². The predicted octanol–water partition coefficient (Wildman–Crippen LogP) is 2.85. The maximum Gasteiger partial charge on any atom is 0.155 e. The molecule has 4 aliphatic carbocycles. The van der Waals surface area contributed by atoms with Gasteiger partial charge in [-0.2, -0.15) is 0 Å². The molecule has 3 saturated carbocycles. The van der Waals surface area contributed by atoms with Gasteiger partial charge in [0.1, 0.15) is 5.60 Å². The molecular weight excluding hydrogens is 300 g/mol. The van der Waals surface area contributed by atoms with Crippen molar-refractivity contribution in [3.63, 3.8) is 0 Å². The van der Waals surface area contributed by atoms with Crippen molar-refractivity contribution in [2.75, 3.05) is 0 Å². The molecule has 0 aromatic carbocycles. The minimum absolute atomic E-state index is 0.156. The van der Waals surface area contributed by atoms with E-state index in [1.54, 1.807) is 6.08 Å². The van der Waals surface area contributed by atoms with Gasteiger partial charge in [-0.05, 0) is 73.8 Å². The Kier molecular flexibility index (Phi) is 3.38. The quantitative estimate of drug-likeness (QED) is 0.672. The van der Waals surface area contributed by atoms with Crippen LogP contribution in [0.4, 0.5) is 0 Å². The standard InChI is InChI=1S/C21H28O3/c1-4-20(23)9-7-16-18-13(2)11-14-12-15(22)5-10-21(14,24)17(18)6-8-19(16,20)3/h1,12-13,16-18,23-24H,5-11H2,2-3H3/t13-,16+,17+,18+,19+,20+,21-/m1/s1. The smallest absolute Gasteiger partial charge is 0.155 e. The Labute approximate surface area is 144 Å². The lowest BCUT2D eigenvalue weighted by atomic mass is 9.47. The first-order valence-corrected chi connectivity index (χ1v) is 9.41. The third kappa shape index (κ3) is 1.85. The highest BCUT2D eigenvalue weighted by Crippen LogP contribution is 2.66. The average molecular weight is 328 g/mol. The van der Waals surface area contributed by atoms with Crippen molar-refractivity contribution in [3.05, 3.63) is 11.6 Å². The summed E-state index contributed by atoms with van der Waals surface area (Å²) in [6.45, 7) is 4.41. The molecule has 0 heterocycles. The number of carbonyl (C=O) groups excluding carboxylic acids is 1. The summed E-state index contributed by atoms with van der Waals surface area (Å²) in [7, 11) is 0. The summed E-state index contributed by atoms with van der Waals surface area (Å²) >= 11 is 0. The topological polar surface area (TPSA) is 57.5 Å². The summed E-state index contributed by atoms with van der Waals surface area (Å²) in [5, 5.41) is 22.5. The van der Waals surface area contributed by atoms with Crippen molar-refractivity contribution in [1.29, 1.82) is 0 Å². The summed E-state index contributed by atoms with van der Waals surface area (Å²) in [6, 6.07) is 0. The Bertz CT molecular complexity index is 658. The van der Waals surface area contributed by atoms with E-state index in [1.807, 2.05) is 0 Å². The van der Waals surface area contributed by atoms with Crippen LogP contribution in [-0.4, -0.2) is 27.2 Å². The Balaban J connectivity index is 1.75. The van der Waals surface area contributed by atoms with Crippen molar-refractivity contribution in [1.82, 2.24) is 0 Å². The van der Waals surface area contributed by atoms with E-state index < -0.39 is 11.2 Å². The van der Waals surface area contributed by atoms with Crippen LogP contribution in [0.2, 0.25) is 0 Å². The van der Waals surface area contributed by atoms with Gasteiger partial charge in [0.25, 0.3) is 0 Å². The minimum atomic E-state index is -1.01. The van der Waals surface area contributed by atoms with Gasteiger partial charge >= 0.3 is 0 Å². The molecule has 4 rings (SSSR count). The Morgan fingerprint density at radius 3 is 2.62 bits per heavy atom. The number of aliphatic hydroxyl groups is 2. The van der Waals surface area contributed by atoms with E-state index in [-0.39, 0.29) is 17.1 Å². The second-order valence-corrected chi connectivity index (χ2v) is 9.03. The van der Waals surface area contributed by atoms with Crippen LogP contribution >= 0.6 is 0 Å². The van der Waals surface area contributed by atoms with Crippen LogP contribution in [0.5, 0.6) is 0 Å². The molecule has 0 radical (unpaired) electrons.